The zero-order valence-electron chi connectivity index (χ0n) is 8.89. The third-order valence-corrected chi connectivity index (χ3v) is 3.45. The molecule has 0 aromatic carbocycles. The Morgan fingerprint density at radius 1 is 1.60 bits per heavy atom. The number of nitrogens with zero attached hydrogens (tertiary/aromatic N) is 1. The van der Waals surface area contributed by atoms with Gasteiger partial charge in [-0.3, -0.25) is 4.79 Å². The summed E-state index contributed by atoms with van der Waals surface area (Å²) in [7, 11) is -3.35. The average molecular weight is 236 g/mol. The van der Waals surface area contributed by atoms with E-state index in [-0.39, 0.29) is 19.1 Å². The first kappa shape index (κ1) is 12.4. The first-order valence-electron chi connectivity index (χ1n) is 4.79. The number of ether oxygens (including phenoxy) is 1. The van der Waals surface area contributed by atoms with Crippen LogP contribution in [0.4, 0.5) is 0 Å². The maximum Gasteiger partial charge on any atom is 0.240 e. The van der Waals surface area contributed by atoms with Crippen LogP contribution in [0, 0.1) is 0 Å². The topological polar surface area (TPSA) is 75.7 Å². The number of carbonyl (C=O) groups excluding carboxylic acids is 1. The van der Waals surface area contributed by atoms with Gasteiger partial charge in [0, 0.05) is 13.1 Å². The van der Waals surface area contributed by atoms with Crippen molar-refractivity contribution in [3.63, 3.8) is 0 Å². The average Bonchev–Trinajstić information content (AvgIpc) is 2.17. The highest BCUT2D eigenvalue weighted by Crippen LogP contribution is 2.11. The third kappa shape index (κ3) is 3.15. The number of amides is 1. The van der Waals surface area contributed by atoms with Crippen LogP contribution in [-0.2, 0) is 19.6 Å². The second-order valence-corrected chi connectivity index (χ2v) is 5.29. The number of nitrogens with one attached hydrogen (secondary N) is 1. The molecule has 0 spiro atoms. The maximum absolute atomic E-state index is 11.6. The van der Waals surface area contributed by atoms with Gasteiger partial charge in [-0.05, 0) is 6.92 Å². The Labute approximate surface area is 89.6 Å². The van der Waals surface area contributed by atoms with Crippen LogP contribution < -0.4 is 5.32 Å². The van der Waals surface area contributed by atoms with Crippen molar-refractivity contribution >= 4 is 15.9 Å². The Morgan fingerprint density at radius 2 is 2.27 bits per heavy atom. The lowest BCUT2D eigenvalue weighted by Gasteiger charge is -2.32. The summed E-state index contributed by atoms with van der Waals surface area (Å²) < 4.78 is 29.1. The van der Waals surface area contributed by atoms with E-state index in [9.17, 15) is 13.2 Å². The highest BCUT2D eigenvalue weighted by molar-refractivity contribution is 7.88. The van der Waals surface area contributed by atoms with Crippen molar-refractivity contribution in [3.05, 3.63) is 0 Å². The number of sulfonamides is 1. The Balaban J connectivity index is 2.79. The van der Waals surface area contributed by atoms with Crippen molar-refractivity contribution in [1.29, 1.82) is 0 Å². The van der Waals surface area contributed by atoms with Gasteiger partial charge in [-0.15, -0.1) is 0 Å². The summed E-state index contributed by atoms with van der Waals surface area (Å²) in [6, 6.07) is -0.728. The number of carbonyl (C=O) groups is 1. The first-order chi connectivity index (χ1) is 6.96. The monoisotopic (exact) mass is 236 g/mol. The fourth-order valence-electron chi connectivity index (χ4n) is 1.48. The lowest BCUT2D eigenvalue weighted by atomic mass is 10.2. The van der Waals surface area contributed by atoms with E-state index in [1.54, 1.807) is 6.92 Å². The fourth-order valence-corrected chi connectivity index (χ4v) is 2.51. The molecule has 1 fully saturated rings. The maximum atomic E-state index is 11.6. The van der Waals surface area contributed by atoms with Crippen LogP contribution in [0.25, 0.3) is 0 Å². The van der Waals surface area contributed by atoms with Gasteiger partial charge in [0.25, 0.3) is 0 Å². The second kappa shape index (κ2) is 4.91. The zero-order valence-corrected chi connectivity index (χ0v) is 9.71. The molecule has 1 unspecified atom stereocenters. The molecule has 0 saturated carbocycles. The molecule has 1 aliphatic rings. The van der Waals surface area contributed by atoms with E-state index in [1.165, 1.54) is 4.31 Å². The van der Waals surface area contributed by atoms with Gasteiger partial charge in [-0.25, -0.2) is 8.42 Å². The Hall–Kier alpha value is -0.660. The molecule has 1 saturated heterocycles. The lowest BCUT2D eigenvalue weighted by molar-refractivity contribution is -0.129. The van der Waals surface area contributed by atoms with Crippen molar-refractivity contribution in [2.75, 3.05) is 32.6 Å². The smallest absolute Gasteiger partial charge is 0.240 e. The molecule has 1 heterocycles. The quantitative estimate of drug-likeness (QED) is 0.666. The van der Waals surface area contributed by atoms with Gasteiger partial charge in [-0.2, -0.15) is 4.31 Å². The largest absolute Gasteiger partial charge is 0.378 e. The molecule has 1 atom stereocenters. The van der Waals surface area contributed by atoms with Crippen molar-refractivity contribution in [3.8, 4) is 0 Å². The molecule has 6 nitrogen and oxygen atoms in total. The van der Waals surface area contributed by atoms with Crippen LogP contribution in [0.3, 0.4) is 0 Å². The molecule has 0 aliphatic carbocycles. The minimum Gasteiger partial charge on any atom is -0.378 e. The third-order valence-electron chi connectivity index (χ3n) is 2.16. The van der Waals surface area contributed by atoms with E-state index in [1.807, 2.05) is 0 Å². The van der Waals surface area contributed by atoms with Crippen molar-refractivity contribution in [2.45, 2.75) is 13.0 Å². The van der Waals surface area contributed by atoms with E-state index in [0.717, 1.165) is 6.26 Å². The molecular formula is C8H16N2O4S. The summed E-state index contributed by atoms with van der Waals surface area (Å²) in [4.78, 5) is 11.6. The van der Waals surface area contributed by atoms with Crippen molar-refractivity contribution in [1.82, 2.24) is 9.62 Å². The normalized spacial score (nSPS) is 23.7. The molecule has 88 valence electrons. The highest BCUT2D eigenvalue weighted by atomic mass is 32.2. The molecule has 1 aliphatic heterocycles. The molecule has 1 amide bonds. The standard InChI is InChI=1S/C8H16N2O4S/c1-3-9-8(11)7-6-14-5-4-10(7)15(2,12)13/h7H,3-6H2,1-2H3,(H,9,11). The van der Waals surface area contributed by atoms with E-state index in [4.69, 9.17) is 4.74 Å². The van der Waals surface area contributed by atoms with Crippen LogP contribution in [0.2, 0.25) is 0 Å². The number of likely N-dealkylation sites (N-methyl/N-ethyl adjacent to an activating group) is 1. The number of rotatable bonds is 3. The van der Waals surface area contributed by atoms with Gasteiger partial charge in [0.05, 0.1) is 19.5 Å². The summed E-state index contributed by atoms with van der Waals surface area (Å²) >= 11 is 0. The van der Waals surface area contributed by atoms with Crippen LogP contribution >= 0.6 is 0 Å². The van der Waals surface area contributed by atoms with E-state index in [2.05, 4.69) is 5.32 Å². The lowest BCUT2D eigenvalue weighted by Crippen LogP contribution is -2.55. The first-order valence-corrected chi connectivity index (χ1v) is 6.64. The number of hydrogen-bond acceptors (Lipinski definition) is 4. The summed E-state index contributed by atoms with van der Waals surface area (Å²) in [5.41, 5.74) is 0. The summed E-state index contributed by atoms with van der Waals surface area (Å²) in [6.45, 7) is 2.96. The second-order valence-electron chi connectivity index (χ2n) is 3.36. The van der Waals surface area contributed by atoms with Gasteiger partial charge in [0.1, 0.15) is 6.04 Å². The molecule has 0 aromatic rings. The molecular weight excluding hydrogens is 220 g/mol. The molecule has 15 heavy (non-hydrogen) atoms. The van der Waals surface area contributed by atoms with Crippen LogP contribution in [0.5, 0.6) is 0 Å². The number of hydrogen-bond donors (Lipinski definition) is 1. The van der Waals surface area contributed by atoms with E-state index in [0.29, 0.717) is 13.2 Å². The minimum absolute atomic E-state index is 0.124. The molecule has 0 radical (unpaired) electrons. The highest BCUT2D eigenvalue weighted by Gasteiger charge is 2.34. The van der Waals surface area contributed by atoms with Gasteiger partial charge < -0.3 is 10.1 Å². The predicted octanol–water partition coefficient (Wildman–Crippen LogP) is -1.22. The summed E-state index contributed by atoms with van der Waals surface area (Å²) in [5, 5.41) is 2.59. The Bertz CT molecular complexity index is 328. The van der Waals surface area contributed by atoms with Crippen LogP contribution in [0.15, 0.2) is 0 Å². The van der Waals surface area contributed by atoms with E-state index >= 15 is 0 Å². The molecule has 0 bridgehead atoms. The molecule has 1 rings (SSSR count). The van der Waals surface area contributed by atoms with Gasteiger partial charge in [0.2, 0.25) is 15.9 Å². The van der Waals surface area contributed by atoms with Crippen molar-refractivity contribution < 1.29 is 17.9 Å². The number of morpholine rings is 1. The summed E-state index contributed by atoms with van der Waals surface area (Å²) in [6.07, 6.45) is 1.10. The van der Waals surface area contributed by atoms with Gasteiger partial charge >= 0.3 is 0 Å². The van der Waals surface area contributed by atoms with E-state index < -0.39 is 16.1 Å². The minimum atomic E-state index is -3.35. The Kier molecular flexibility index (Phi) is 4.06. The molecule has 0 aromatic heterocycles. The SMILES string of the molecule is CCNC(=O)C1COCCN1S(C)(=O)=O. The molecule has 1 N–H and O–H groups in total. The van der Waals surface area contributed by atoms with Crippen LogP contribution in [0.1, 0.15) is 6.92 Å². The fraction of sp³-hybridized carbons (Fsp3) is 0.875. The van der Waals surface area contributed by atoms with Gasteiger partial charge in [0.15, 0.2) is 0 Å². The molecule has 7 heteroatoms. The predicted molar refractivity (Wildman–Crippen MR) is 54.8 cm³/mol. The summed E-state index contributed by atoms with van der Waals surface area (Å²) in [5.74, 6) is -0.303. The van der Waals surface area contributed by atoms with Gasteiger partial charge in [-0.1, -0.05) is 0 Å². The van der Waals surface area contributed by atoms with Crippen molar-refractivity contribution in [2.24, 2.45) is 0 Å². The zero-order chi connectivity index (χ0) is 11.5. The Morgan fingerprint density at radius 3 is 2.80 bits per heavy atom. The van der Waals surface area contributed by atoms with Crippen LogP contribution in [-0.4, -0.2) is 57.2 Å².